The lowest BCUT2D eigenvalue weighted by molar-refractivity contribution is -0.118. The summed E-state index contributed by atoms with van der Waals surface area (Å²) in [6.45, 7) is 7.26. The summed E-state index contributed by atoms with van der Waals surface area (Å²) in [6.07, 6.45) is 1.36. The molecule has 168 valence electrons. The Morgan fingerprint density at radius 2 is 1.70 bits per heavy atom. The van der Waals surface area contributed by atoms with E-state index in [1.54, 1.807) is 13.8 Å². The maximum Gasteiger partial charge on any atom is 0.266 e. The maximum absolute atomic E-state index is 13.3. The molecule has 2 N–H and O–H groups in total. The summed E-state index contributed by atoms with van der Waals surface area (Å²) in [5, 5.41) is 6.08. The van der Waals surface area contributed by atoms with Crippen LogP contribution in [0.5, 0.6) is 0 Å². The standard InChI is InChI=1S/C25H24N4O3S/c1-14-9-11-18(12-10-14)27-22(30)17(4)29-13-26-24-20(25(29)32)16(3)21(33-24)23(31)28-19-8-6-5-7-15(19)2/h5-13,17H,1-4H3,(H,27,30)(H,28,31). The number of rotatable bonds is 5. The number of fused-ring (bicyclic) bond motifs is 1. The van der Waals surface area contributed by atoms with E-state index >= 15 is 0 Å². The van der Waals surface area contributed by atoms with Crippen LogP contribution in [0.25, 0.3) is 10.2 Å². The number of thiophene rings is 1. The zero-order valence-electron chi connectivity index (χ0n) is 18.8. The number of amides is 2. The van der Waals surface area contributed by atoms with Gasteiger partial charge in [0.05, 0.1) is 16.6 Å². The number of nitrogens with one attached hydrogen (secondary N) is 2. The Morgan fingerprint density at radius 3 is 2.39 bits per heavy atom. The van der Waals surface area contributed by atoms with Gasteiger partial charge in [0, 0.05) is 11.4 Å². The second-order valence-electron chi connectivity index (χ2n) is 7.99. The van der Waals surface area contributed by atoms with Crippen molar-refractivity contribution >= 4 is 44.7 Å². The topological polar surface area (TPSA) is 93.1 Å². The molecule has 0 bridgehead atoms. The van der Waals surface area contributed by atoms with Crippen molar-refractivity contribution in [3.63, 3.8) is 0 Å². The van der Waals surface area contributed by atoms with E-state index in [-0.39, 0.29) is 17.4 Å². The average Bonchev–Trinajstić information content (AvgIpc) is 3.14. The first-order chi connectivity index (χ1) is 15.8. The van der Waals surface area contributed by atoms with Crippen molar-refractivity contribution in [1.82, 2.24) is 9.55 Å². The van der Waals surface area contributed by atoms with Gasteiger partial charge in [-0.05, 0) is 57.0 Å². The number of hydrogen-bond donors (Lipinski definition) is 2. The maximum atomic E-state index is 13.3. The minimum atomic E-state index is -0.778. The molecule has 4 aromatic rings. The van der Waals surface area contributed by atoms with E-state index in [9.17, 15) is 14.4 Å². The van der Waals surface area contributed by atoms with E-state index in [4.69, 9.17) is 0 Å². The Labute approximate surface area is 195 Å². The van der Waals surface area contributed by atoms with Crippen molar-refractivity contribution in [2.24, 2.45) is 0 Å². The lowest BCUT2D eigenvalue weighted by Crippen LogP contribution is -2.31. The molecule has 4 rings (SSSR count). The third kappa shape index (κ3) is 4.42. The second kappa shape index (κ2) is 8.99. The predicted molar refractivity (Wildman–Crippen MR) is 132 cm³/mol. The van der Waals surface area contributed by atoms with Crippen LogP contribution in [-0.4, -0.2) is 21.4 Å². The molecule has 1 atom stereocenters. The van der Waals surface area contributed by atoms with Crippen molar-refractivity contribution in [1.29, 1.82) is 0 Å². The first kappa shape index (κ1) is 22.4. The first-order valence-electron chi connectivity index (χ1n) is 10.5. The van der Waals surface area contributed by atoms with E-state index in [0.717, 1.165) is 11.1 Å². The molecular formula is C25H24N4O3S. The summed E-state index contributed by atoms with van der Waals surface area (Å²) in [5.74, 6) is -0.617. The largest absolute Gasteiger partial charge is 0.324 e. The number of benzene rings is 2. The molecule has 2 amide bonds. The molecule has 2 aromatic heterocycles. The molecule has 2 heterocycles. The fourth-order valence-corrected chi connectivity index (χ4v) is 4.57. The Balaban J connectivity index is 1.63. The zero-order chi connectivity index (χ0) is 23.7. The Hall–Kier alpha value is -3.78. The van der Waals surface area contributed by atoms with Crippen LogP contribution in [0.4, 0.5) is 11.4 Å². The third-order valence-electron chi connectivity index (χ3n) is 5.59. The van der Waals surface area contributed by atoms with Gasteiger partial charge in [0.25, 0.3) is 11.5 Å². The van der Waals surface area contributed by atoms with Crippen molar-refractivity contribution < 1.29 is 9.59 Å². The van der Waals surface area contributed by atoms with Gasteiger partial charge < -0.3 is 10.6 Å². The van der Waals surface area contributed by atoms with E-state index < -0.39 is 6.04 Å². The van der Waals surface area contributed by atoms with Crippen LogP contribution in [0.2, 0.25) is 0 Å². The smallest absolute Gasteiger partial charge is 0.266 e. The van der Waals surface area contributed by atoms with Crippen molar-refractivity contribution in [2.75, 3.05) is 10.6 Å². The third-order valence-corrected chi connectivity index (χ3v) is 6.79. The summed E-state index contributed by atoms with van der Waals surface area (Å²) < 4.78 is 1.30. The van der Waals surface area contributed by atoms with Crippen LogP contribution in [0.1, 0.15) is 39.3 Å². The van der Waals surface area contributed by atoms with Crippen LogP contribution < -0.4 is 16.2 Å². The van der Waals surface area contributed by atoms with Gasteiger partial charge in [-0.2, -0.15) is 0 Å². The van der Waals surface area contributed by atoms with Gasteiger partial charge in [-0.25, -0.2) is 4.98 Å². The first-order valence-corrected chi connectivity index (χ1v) is 11.3. The molecule has 2 aromatic carbocycles. The Morgan fingerprint density at radius 1 is 1.00 bits per heavy atom. The quantitative estimate of drug-likeness (QED) is 0.446. The lowest BCUT2D eigenvalue weighted by Gasteiger charge is -2.15. The van der Waals surface area contributed by atoms with E-state index in [1.807, 2.05) is 62.4 Å². The fourth-order valence-electron chi connectivity index (χ4n) is 3.53. The normalized spacial score (nSPS) is 11.9. The molecule has 0 saturated carbocycles. The van der Waals surface area contributed by atoms with E-state index in [2.05, 4.69) is 15.6 Å². The Bertz CT molecular complexity index is 1420. The minimum Gasteiger partial charge on any atom is -0.324 e. The highest BCUT2D eigenvalue weighted by molar-refractivity contribution is 7.20. The van der Waals surface area contributed by atoms with Crippen LogP contribution in [0.3, 0.4) is 0 Å². The van der Waals surface area contributed by atoms with Gasteiger partial charge in [-0.3, -0.25) is 19.0 Å². The van der Waals surface area contributed by atoms with E-state index in [1.165, 1.54) is 22.2 Å². The second-order valence-corrected chi connectivity index (χ2v) is 8.99. The predicted octanol–water partition coefficient (Wildman–Crippen LogP) is 4.84. The number of para-hydroxylation sites is 1. The van der Waals surface area contributed by atoms with Crippen LogP contribution in [0.15, 0.2) is 59.7 Å². The van der Waals surface area contributed by atoms with E-state index in [0.29, 0.717) is 32.0 Å². The van der Waals surface area contributed by atoms with Gasteiger partial charge in [-0.15, -0.1) is 11.3 Å². The monoisotopic (exact) mass is 460 g/mol. The molecule has 0 fully saturated rings. The number of nitrogens with zero attached hydrogens (tertiary/aromatic N) is 2. The lowest BCUT2D eigenvalue weighted by atomic mass is 10.1. The van der Waals surface area contributed by atoms with Crippen molar-refractivity contribution in [3.05, 3.63) is 86.8 Å². The van der Waals surface area contributed by atoms with Crippen LogP contribution in [0, 0.1) is 20.8 Å². The highest BCUT2D eigenvalue weighted by atomic mass is 32.1. The zero-order valence-corrected chi connectivity index (χ0v) is 19.6. The molecule has 0 saturated heterocycles. The fraction of sp³-hybridized carbons (Fsp3) is 0.200. The summed E-state index contributed by atoms with van der Waals surface area (Å²) in [4.78, 5) is 44.2. The molecular weight excluding hydrogens is 436 g/mol. The Kier molecular flexibility index (Phi) is 6.11. The summed E-state index contributed by atoms with van der Waals surface area (Å²) in [6, 6.07) is 14.1. The molecule has 33 heavy (non-hydrogen) atoms. The van der Waals surface area contributed by atoms with Gasteiger partial charge in [-0.1, -0.05) is 35.9 Å². The number of aromatic nitrogens is 2. The van der Waals surface area contributed by atoms with Crippen LogP contribution in [-0.2, 0) is 4.79 Å². The van der Waals surface area contributed by atoms with Gasteiger partial charge in [0.2, 0.25) is 5.91 Å². The molecule has 0 radical (unpaired) electrons. The highest BCUT2D eigenvalue weighted by Crippen LogP contribution is 2.28. The molecule has 1 unspecified atom stereocenters. The summed E-state index contributed by atoms with van der Waals surface area (Å²) in [5.41, 5.74) is 3.60. The van der Waals surface area contributed by atoms with Gasteiger partial charge in [0.1, 0.15) is 10.9 Å². The highest BCUT2D eigenvalue weighted by Gasteiger charge is 2.23. The van der Waals surface area contributed by atoms with Crippen molar-refractivity contribution in [2.45, 2.75) is 33.7 Å². The molecule has 0 aliphatic heterocycles. The molecule has 0 aliphatic carbocycles. The number of carbonyl (C=O) groups is 2. The van der Waals surface area contributed by atoms with Gasteiger partial charge in [0.15, 0.2) is 0 Å². The number of carbonyl (C=O) groups excluding carboxylic acids is 2. The summed E-state index contributed by atoms with van der Waals surface area (Å²) >= 11 is 1.17. The van der Waals surface area contributed by atoms with Crippen molar-refractivity contribution in [3.8, 4) is 0 Å². The number of hydrogen-bond acceptors (Lipinski definition) is 5. The molecule has 0 spiro atoms. The average molecular weight is 461 g/mol. The minimum absolute atomic E-state index is 0.291. The summed E-state index contributed by atoms with van der Waals surface area (Å²) in [7, 11) is 0. The number of aryl methyl sites for hydroxylation is 3. The molecule has 7 nitrogen and oxygen atoms in total. The molecule has 0 aliphatic rings. The van der Waals surface area contributed by atoms with Crippen LogP contribution >= 0.6 is 11.3 Å². The van der Waals surface area contributed by atoms with Gasteiger partial charge >= 0.3 is 0 Å². The number of anilines is 2. The SMILES string of the molecule is Cc1ccc(NC(=O)C(C)n2cnc3sc(C(=O)Nc4ccccc4C)c(C)c3c2=O)cc1. The molecule has 8 heteroatoms.